The molecule has 0 aromatic heterocycles. The third-order valence-electron chi connectivity index (χ3n) is 1.18. The minimum atomic E-state index is -3.68. The van der Waals surface area contributed by atoms with Gasteiger partial charge in [0, 0.05) is 6.26 Å². The molecule has 10 heavy (non-hydrogen) atoms. The van der Waals surface area contributed by atoms with Gasteiger partial charge in [-0.15, -0.1) is 0 Å². The molecule has 1 nitrogen and oxygen atoms in total. The third-order valence-corrected chi connectivity index (χ3v) is 2.72. The molecule has 0 saturated carbocycles. The van der Waals surface area contributed by atoms with Crippen LogP contribution < -0.4 is 0 Å². The van der Waals surface area contributed by atoms with Gasteiger partial charge in [0.1, 0.15) is 5.25 Å². The van der Waals surface area contributed by atoms with Crippen LogP contribution in [0.1, 0.15) is 13.8 Å². The van der Waals surface area contributed by atoms with E-state index in [4.69, 9.17) is 5.26 Å². The lowest BCUT2D eigenvalue weighted by molar-refractivity contribution is 0.626. The maximum atomic E-state index is 12.5. The van der Waals surface area contributed by atoms with Gasteiger partial charge >= 0.3 is 0 Å². The molecule has 0 aliphatic carbocycles. The van der Waals surface area contributed by atoms with Gasteiger partial charge in [-0.3, -0.25) is 0 Å². The number of rotatable bonds is 2. The number of halogens is 2. The molecule has 4 heteroatoms. The average molecular weight is 167 g/mol. The van der Waals surface area contributed by atoms with Gasteiger partial charge in [-0.1, -0.05) is 13.8 Å². The molecule has 0 heterocycles. The molecule has 0 aliphatic heterocycles. The monoisotopic (exact) mass is 167 g/mol. The highest BCUT2D eigenvalue weighted by molar-refractivity contribution is 8.25. The first-order valence-corrected chi connectivity index (χ1v) is 4.86. The molecule has 0 aromatic carbocycles. The zero-order valence-electron chi connectivity index (χ0n) is 6.27. The normalized spacial score (nSPS) is 16.5. The van der Waals surface area contributed by atoms with Crippen molar-refractivity contribution in [2.45, 2.75) is 19.1 Å². The lowest BCUT2D eigenvalue weighted by Crippen LogP contribution is -2.15. The predicted molar refractivity (Wildman–Crippen MR) is 40.0 cm³/mol. The van der Waals surface area contributed by atoms with Crippen LogP contribution in [0.3, 0.4) is 0 Å². The summed E-state index contributed by atoms with van der Waals surface area (Å²) in [4.78, 5) is 0. The maximum Gasteiger partial charge on any atom is 0.131 e. The lowest BCUT2D eigenvalue weighted by Gasteiger charge is -2.23. The standard InChI is InChI=1S/C6H11F2NS/c1-5(2)6(4-9)10(3,7)8/h5-6H,1-3H3. The summed E-state index contributed by atoms with van der Waals surface area (Å²) in [6.07, 6.45) is 0.862. The predicted octanol–water partition coefficient (Wildman–Crippen LogP) is 2.74. The van der Waals surface area contributed by atoms with Crippen molar-refractivity contribution in [3.8, 4) is 6.07 Å². The Bertz CT molecular complexity index is 145. The second-order valence-corrected chi connectivity index (χ2v) is 4.64. The van der Waals surface area contributed by atoms with Crippen molar-refractivity contribution in [1.82, 2.24) is 0 Å². The fourth-order valence-corrected chi connectivity index (χ4v) is 1.86. The number of nitrogens with zero attached hydrogens (tertiary/aromatic N) is 1. The van der Waals surface area contributed by atoms with Crippen LogP contribution in [0.5, 0.6) is 0 Å². The Labute approximate surface area is 61.9 Å². The SMILES string of the molecule is CC(C)C(C#N)S(C)(F)F. The average Bonchev–Trinajstić information content (AvgIpc) is 1.60. The van der Waals surface area contributed by atoms with Crippen molar-refractivity contribution < 1.29 is 7.77 Å². The van der Waals surface area contributed by atoms with Crippen molar-refractivity contribution in [2.24, 2.45) is 5.92 Å². The molecule has 0 saturated heterocycles. The van der Waals surface area contributed by atoms with E-state index in [1.165, 1.54) is 0 Å². The first-order valence-electron chi connectivity index (χ1n) is 2.95. The van der Waals surface area contributed by atoms with E-state index < -0.39 is 16.0 Å². The zero-order valence-corrected chi connectivity index (χ0v) is 7.08. The summed E-state index contributed by atoms with van der Waals surface area (Å²) in [5.74, 6) is -0.250. The number of hydrogen-bond donors (Lipinski definition) is 0. The van der Waals surface area contributed by atoms with E-state index >= 15 is 0 Å². The van der Waals surface area contributed by atoms with E-state index in [-0.39, 0.29) is 5.92 Å². The molecule has 0 N–H and O–H groups in total. The summed E-state index contributed by atoms with van der Waals surface area (Å²) in [5, 5.41) is 7.25. The highest BCUT2D eigenvalue weighted by Gasteiger charge is 2.31. The Morgan fingerprint density at radius 2 is 1.80 bits per heavy atom. The molecule has 0 aromatic rings. The Balaban J connectivity index is 4.26. The number of hydrogen-bond acceptors (Lipinski definition) is 1. The van der Waals surface area contributed by atoms with Crippen LogP contribution in [0.15, 0.2) is 0 Å². The second-order valence-electron chi connectivity index (χ2n) is 2.57. The van der Waals surface area contributed by atoms with Gasteiger partial charge in [-0.05, 0) is 5.92 Å². The lowest BCUT2D eigenvalue weighted by atomic mass is 10.1. The molecule has 60 valence electrons. The molecule has 1 unspecified atom stereocenters. The zero-order chi connectivity index (χ0) is 8.36. The summed E-state index contributed by atoms with van der Waals surface area (Å²) in [7, 11) is -3.68. The van der Waals surface area contributed by atoms with Gasteiger partial charge in [0.15, 0.2) is 0 Å². The quantitative estimate of drug-likeness (QED) is 0.620. The van der Waals surface area contributed by atoms with Crippen molar-refractivity contribution >= 4 is 10.8 Å². The van der Waals surface area contributed by atoms with Gasteiger partial charge in [-0.25, -0.2) is 0 Å². The van der Waals surface area contributed by atoms with Crippen molar-refractivity contribution in [2.75, 3.05) is 6.26 Å². The van der Waals surface area contributed by atoms with Crippen LogP contribution in [0.25, 0.3) is 0 Å². The van der Waals surface area contributed by atoms with Gasteiger partial charge in [0.2, 0.25) is 0 Å². The van der Waals surface area contributed by atoms with E-state index in [0.29, 0.717) is 0 Å². The van der Waals surface area contributed by atoms with Gasteiger partial charge in [-0.2, -0.15) is 13.0 Å². The van der Waals surface area contributed by atoms with Crippen LogP contribution in [0.4, 0.5) is 7.77 Å². The van der Waals surface area contributed by atoms with Gasteiger partial charge in [0.05, 0.1) is 16.9 Å². The highest BCUT2D eigenvalue weighted by atomic mass is 32.3. The summed E-state index contributed by atoms with van der Waals surface area (Å²) >= 11 is 0. The van der Waals surface area contributed by atoms with Gasteiger partial charge < -0.3 is 0 Å². The largest absolute Gasteiger partial charge is 0.197 e. The summed E-state index contributed by atoms with van der Waals surface area (Å²) in [5.41, 5.74) is 0. The summed E-state index contributed by atoms with van der Waals surface area (Å²) in [6.45, 7) is 3.27. The molecule has 0 bridgehead atoms. The van der Waals surface area contributed by atoms with Crippen LogP contribution in [-0.4, -0.2) is 11.5 Å². The topological polar surface area (TPSA) is 23.8 Å². The van der Waals surface area contributed by atoms with E-state index in [0.717, 1.165) is 6.26 Å². The van der Waals surface area contributed by atoms with E-state index in [9.17, 15) is 7.77 Å². The molecule has 1 atom stereocenters. The molecular formula is C6H11F2NS. The Hall–Kier alpha value is -0.300. The van der Waals surface area contributed by atoms with E-state index in [1.54, 1.807) is 19.9 Å². The van der Waals surface area contributed by atoms with E-state index in [2.05, 4.69) is 0 Å². The van der Waals surface area contributed by atoms with Crippen LogP contribution in [-0.2, 0) is 0 Å². The van der Waals surface area contributed by atoms with E-state index in [1.807, 2.05) is 0 Å². The van der Waals surface area contributed by atoms with Gasteiger partial charge in [0.25, 0.3) is 0 Å². The Morgan fingerprint density at radius 1 is 1.40 bits per heavy atom. The smallest absolute Gasteiger partial charge is 0.131 e. The maximum absolute atomic E-state index is 12.5. The number of nitriles is 1. The molecule has 0 amide bonds. The second kappa shape index (κ2) is 3.20. The van der Waals surface area contributed by atoms with Crippen molar-refractivity contribution in [1.29, 1.82) is 5.26 Å². The van der Waals surface area contributed by atoms with Crippen LogP contribution in [0, 0.1) is 17.2 Å². The minimum Gasteiger partial charge on any atom is -0.197 e. The summed E-state index contributed by atoms with van der Waals surface area (Å²) in [6, 6.07) is 1.63. The van der Waals surface area contributed by atoms with Crippen molar-refractivity contribution in [3.63, 3.8) is 0 Å². The Kier molecular flexibility index (Phi) is 3.10. The molecule has 0 radical (unpaired) electrons. The molecule has 0 spiro atoms. The highest BCUT2D eigenvalue weighted by Crippen LogP contribution is 2.54. The molecule has 0 aliphatic rings. The Morgan fingerprint density at radius 3 is 1.80 bits per heavy atom. The van der Waals surface area contributed by atoms with Crippen LogP contribution >= 0.6 is 10.8 Å². The van der Waals surface area contributed by atoms with Crippen LogP contribution in [0.2, 0.25) is 0 Å². The minimum absolute atomic E-state index is 0.250. The molecular weight excluding hydrogens is 156 g/mol. The fraction of sp³-hybridized carbons (Fsp3) is 0.833. The summed E-state index contributed by atoms with van der Waals surface area (Å²) < 4.78 is 25.0. The molecule has 0 fully saturated rings. The first-order chi connectivity index (χ1) is 4.39. The third kappa shape index (κ3) is 2.53. The molecule has 0 rings (SSSR count). The first kappa shape index (κ1) is 9.70. The van der Waals surface area contributed by atoms with Crippen molar-refractivity contribution in [3.05, 3.63) is 0 Å². The fourth-order valence-electron chi connectivity index (χ4n) is 0.720.